The average Bonchev–Trinajstić information content (AvgIpc) is 2.81. The topological polar surface area (TPSA) is 63.6 Å². The van der Waals surface area contributed by atoms with Gasteiger partial charge in [0, 0.05) is 26.5 Å². The molecule has 0 radical (unpaired) electrons. The second-order valence-corrected chi connectivity index (χ2v) is 4.95. The Balaban J connectivity index is 2.28. The summed E-state index contributed by atoms with van der Waals surface area (Å²) >= 11 is 0. The Labute approximate surface area is 123 Å². The Hall–Kier alpha value is -2.50. The van der Waals surface area contributed by atoms with Gasteiger partial charge in [-0.15, -0.1) is 0 Å². The zero-order valence-electron chi connectivity index (χ0n) is 12.6. The second kappa shape index (κ2) is 5.87. The maximum atomic E-state index is 12.2. The fraction of sp³-hybridized carbons (Fsp3) is 0.333. The molecule has 0 aliphatic rings. The van der Waals surface area contributed by atoms with E-state index in [9.17, 15) is 9.59 Å². The number of carbonyl (C=O) groups excluding carboxylic acids is 2. The normalized spacial score (nSPS) is 10.5. The number of fused-ring (bicyclic) bond motifs is 1. The van der Waals surface area contributed by atoms with Gasteiger partial charge >= 0.3 is 0 Å². The molecule has 112 valence electrons. The van der Waals surface area contributed by atoms with Crippen LogP contribution in [0, 0.1) is 0 Å². The molecule has 0 spiro atoms. The molecule has 0 atom stereocenters. The highest BCUT2D eigenvalue weighted by molar-refractivity contribution is 6.01. The lowest BCUT2D eigenvalue weighted by Gasteiger charge is -2.11. The Morgan fingerprint density at radius 1 is 1.33 bits per heavy atom. The van der Waals surface area contributed by atoms with Crippen molar-refractivity contribution in [3.05, 3.63) is 30.0 Å². The molecule has 1 heterocycles. The highest BCUT2D eigenvalue weighted by atomic mass is 16.5. The third-order valence-corrected chi connectivity index (χ3v) is 3.40. The molecule has 21 heavy (non-hydrogen) atoms. The largest absolute Gasteiger partial charge is 0.496 e. The molecule has 0 aliphatic carbocycles. The SMILES string of the molecule is COc1cccc2c1cc(C(=O)NCC(=O)N(C)C)n2C. The monoisotopic (exact) mass is 289 g/mol. The van der Waals surface area contributed by atoms with Gasteiger partial charge in [-0.25, -0.2) is 0 Å². The molecule has 0 aliphatic heterocycles. The lowest BCUT2D eigenvalue weighted by atomic mass is 10.2. The maximum Gasteiger partial charge on any atom is 0.268 e. The van der Waals surface area contributed by atoms with Crippen molar-refractivity contribution >= 4 is 22.7 Å². The summed E-state index contributed by atoms with van der Waals surface area (Å²) in [5, 5.41) is 3.49. The predicted molar refractivity (Wildman–Crippen MR) is 80.5 cm³/mol. The molecule has 1 aromatic heterocycles. The number of rotatable bonds is 4. The molecule has 2 rings (SSSR count). The standard InChI is InChI=1S/C15H19N3O3/c1-17(2)14(19)9-16-15(20)12-8-10-11(18(12)3)6-5-7-13(10)21-4/h5-8H,9H2,1-4H3,(H,16,20). The van der Waals surface area contributed by atoms with E-state index in [0.29, 0.717) is 11.4 Å². The minimum Gasteiger partial charge on any atom is -0.496 e. The minimum atomic E-state index is -0.286. The molecular formula is C15H19N3O3. The van der Waals surface area contributed by atoms with Gasteiger partial charge in [0.15, 0.2) is 0 Å². The van der Waals surface area contributed by atoms with Crippen LogP contribution in [0.1, 0.15) is 10.5 Å². The maximum absolute atomic E-state index is 12.2. The molecule has 1 N–H and O–H groups in total. The number of aryl methyl sites for hydroxylation is 1. The number of nitrogens with one attached hydrogen (secondary N) is 1. The third-order valence-electron chi connectivity index (χ3n) is 3.40. The number of carbonyl (C=O) groups is 2. The van der Waals surface area contributed by atoms with E-state index in [1.807, 2.05) is 25.2 Å². The van der Waals surface area contributed by atoms with Crippen LogP contribution in [0.2, 0.25) is 0 Å². The van der Waals surface area contributed by atoms with E-state index in [0.717, 1.165) is 10.9 Å². The number of aromatic nitrogens is 1. The van der Waals surface area contributed by atoms with Crippen LogP contribution in [0.4, 0.5) is 0 Å². The number of nitrogens with zero attached hydrogens (tertiary/aromatic N) is 2. The van der Waals surface area contributed by atoms with Crippen molar-refractivity contribution in [2.24, 2.45) is 7.05 Å². The van der Waals surface area contributed by atoms with Crippen molar-refractivity contribution < 1.29 is 14.3 Å². The Bertz CT molecular complexity index is 689. The summed E-state index contributed by atoms with van der Waals surface area (Å²) in [5.74, 6) is 0.275. The lowest BCUT2D eigenvalue weighted by Crippen LogP contribution is -2.36. The van der Waals surface area contributed by atoms with Crippen LogP contribution in [0.25, 0.3) is 10.9 Å². The van der Waals surface area contributed by atoms with Gasteiger partial charge in [0.05, 0.1) is 19.2 Å². The second-order valence-electron chi connectivity index (χ2n) is 4.95. The van der Waals surface area contributed by atoms with E-state index in [4.69, 9.17) is 4.74 Å². The number of likely N-dealkylation sites (N-methyl/N-ethyl adjacent to an activating group) is 1. The molecule has 6 nitrogen and oxygen atoms in total. The van der Waals surface area contributed by atoms with Crippen molar-refractivity contribution in [2.45, 2.75) is 0 Å². The number of hydrogen-bond donors (Lipinski definition) is 1. The van der Waals surface area contributed by atoms with Gasteiger partial charge in [0.2, 0.25) is 5.91 Å². The van der Waals surface area contributed by atoms with E-state index >= 15 is 0 Å². The molecular weight excluding hydrogens is 270 g/mol. The first-order chi connectivity index (χ1) is 9.95. The first-order valence-electron chi connectivity index (χ1n) is 6.56. The average molecular weight is 289 g/mol. The summed E-state index contributed by atoms with van der Waals surface area (Å²) in [7, 11) is 6.70. The van der Waals surface area contributed by atoms with Crippen LogP contribution < -0.4 is 10.1 Å². The predicted octanol–water partition coefficient (Wildman–Crippen LogP) is 1.00. The van der Waals surface area contributed by atoms with E-state index in [1.165, 1.54) is 4.90 Å². The van der Waals surface area contributed by atoms with Crippen LogP contribution in [-0.2, 0) is 11.8 Å². The van der Waals surface area contributed by atoms with Crippen molar-refractivity contribution in [2.75, 3.05) is 27.7 Å². The first kappa shape index (κ1) is 14.9. The van der Waals surface area contributed by atoms with Gasteiger partial charge in [0.1, 0.15) is 11.4 Å². The Kier molecular flexibility index (Phi) is 4.16. The molecule has 1 aromatic carbocycles. The number of methoxy groups -OCH3 is 1. The lowest BCUT2D eigenvalue weighted by molar-refractivity contribution is -0.127. The van der Waals surface area contributed by atoms with Gasteiger partial charge in [0.25, 0.3) is 5.91 Å². The highest BCUT2D eigenvalue weighted by Crippen LogP contribution is 2.27. The van der Waals surface area contributed by atoms with Crippen LogP contribution in [0.5, 0.6) is 5.75 Å². The summed E-state index contributed by atoms with van der Waals surface area (Å²) in [4.78, 5) is 25.2. The molecule has 0 saturated carbocycles. The van der Waals surface area contributed by atoms with E-state index in [1.54, 1.807) is 31.8 Å². The summed E-state index contributed by atoms with van der Waals surface area (Å²) in [6.45, 7) is -0.0233. The van der Waals surface area contributed by atoms with Crippen molar-refractivity contribution in [1.29, 1.82) is 0 Å². The van der Waals surface area contributed by atoms with Gasteiger partial charge in [-0.05, 0) is 18.2 Å². The minimum absolute atomic E-state index is 0.0233. The van der Waals surface area contributed by atoms with Crippen molar-refractivity contribution in [3.8, 4) is 5.75 Å². The molecule has 0 unspecified atom stereocenters. The zero-order chi connectivity index (χ0) is 15.6. The van der Waals surface area contributed by atoms with Crippen LogP contribution >= 0.6 is 0 Å². The van der Waals surface area contributed by atoms with Gasteiger partial charge in [-0.1, -0.05) is 6.07 Å². The van der Waals surface area contributed by atoms with Gasteiger partial charge < -0.3 is 19.5 Å². The molecule has 0 fully saturated rings. The highest BCUT2D eigenvalue weighted by Gasteiger charge is 2.16. The van der Waals surface area contributed by atoms with Crippen molar-refractivity contribution in [1.82, 2.24) is 14.8 Å². The molecule has 6 heteroatoms. The summed E-state index contributed by atoms with van der Waals surface area (Å²) < 4.78 is 7.08. The Morgan fingerprint density at radius 2 is 2.05 bits per heavy atom. The van der Waals surface area contributed by atoms with Gasteiger partial charge in [-0.2, -0.15) is 0 Å². The summed E-state index contributed by atoms with van der Waals surface area (Å²) in [6, 6.07) is 7.40. The van der Waals surface area contributed by atoms with Crippen molar-refractivity contribution in [3.63, 3.8) is 0 Å². The van der Waals surface area contributed by atoms with Crippen LogP contribution in [-0.4, -0.2) is 49.0 Å². The number of benzene rings is 1. The van der Waals surface area contributed by atoms with E-state index in [-0.39, 0.29) is 18.4 Å². The summed E-state index contributed by atoms with van der Waals surface area (Å²) in [6.07, 6.45) is 0. The number of amides is 2. The van der Waals surface area contributed by atoms with Gasteiger partial charge in [-0.3, -0.25) is 9.59 Å². The number of ether oxygens (including phenoxy) is 1. The fourth-order valence-electron chi connectivity index (χ4n) is 2.13. The summed E-state index contributed by atoms with van der Waals surface area (Å²) in [5.41, 5.74) is 1.39. The molecule has 2 amide bonds. The number of hydrogen-bond acceptors (Lipinski definition) is 3. The van der Waals surface area contributed by atoms with Crippen LogP contribution in [0.3, 0.4) is 0 Å². The van der Waals surface area contributed by atoms with E-state index < -0.39 is 0 Å². The van der Waals surface area contributed by atoms with Crippen LogP contribution in [0.15, 0.2) is 24.3 Å². The zero-order valence-corrected chi connectivity index (χ0v) is 12.6. The third kappa shape index (κ3) is 2.84. The first-order valence-corrected chi connectivity index (χ1v) is 6.56. The fourth-order valence-corrected chi connectivity index (χ4v) is 2.13. The molecule has 0 saturated heterocycles. The Morgan fingerprint density at radius 3 is 2.67 bits per heavy atom. The molecule has 0 bridgehead atoms. The smallest absolute Gasteiger partial charge is 0.268 e. The van der Waals surface area contributed by atoms with E-state index in [2.05, 4.69) is 5.32 Å². The quantitative estimate of drug-likeness (QED) is 0.913. The molecule has 2 aromatic rings.